The minimum absolute atomic E-state index is 0.000506. The van der Waals surface area contributed by atoms with E-state index in [-0.39, 0.29) is 11.5 Å². The number of carbonyl (C=O) groups is 1. The van der Waals surface area contributed by atoms with Crippen molar-refractivity contribution in [1.29, 1.82) is 0 Å². The predicted octanol–water partition coefficient (Wildman–Crippen LogP) is 3.14. The van der Waals surface area contributed by atoms with E-state index < -0.39 is 5.97 Å². The van der Waals surface area contributed by atoms with Crippen LogP contribution >= 0.6 is 11.6 Å². The van der Waals surface area contributed by atoms with Crippen molar-refractivity contribution in [2.24, 2.45) is 10.9 Å². The summed E-state index contributed by atoms with van der Waals surface area (Å²) in [6.45, 7) is 0.333. The maximum atomic E-state index is 11.6. The first-order valence-electron chi connectivity index (χ1n) is 7.08. The van der Waals surface area contributed by atoms with E-state index in [1.807, 2.05) is 6.07 Å². The number of oxime groups is 1. The fraction of sp³-hybridized carbons (Fsp3) is 0.0588. The number of amidine groups is 1. The fourth-order valence-electron chi connectivity index (χ4n) is 2.66. The Balaban J connectivity index is 2.09. The van der Waals surface area contributed by atoms with E-state index in [2.05, 4.69) is 5.16 Å². The molecule has 0 saturated heterocycles. The van der Waals surface area contributed by atoms with Crippen LogP contribution in [0.1, 0.15) is 21.6 Å². The standard InChI is InChI=1S/C17H14ClN3O3/c18-13-4-5-14-12(7-13)8-15(17(22)23)21(14)9-10-2-1-3-11(6-10)16(19)20-24/h1-8,24H,9H2,(H2,19,20)(H,22,23). The summed E-state index contributed by atoms with van der Waals surface area (Å²) in [5.41, 5.74) is 7.93. The number of aromatic carboxylic acids is 1. The number of aromatic nitrogens is 1. The largest absolute Gasteiger partial charge is 0.477 e. The molecule has 6 nitrogen and oxygen atoms in total. The Kier molecular flexibility index (Phi) is 4.14. The molecule has 0 spiro atoms. The highest BCUT2D eigenvalue weighted by Crippen LogP contribution is 2.25. The van der Waals surface area contributed by atoms with Gasteiger partial charge in [-0.2, -0.15) is 0 Å². The lowest BCUT2D eigenvalue weighted by molar-refractivity contribution is 0.0686. The molecule has 7 heteroatoms. The summed E-state index contributed by atoms with van der Waals surface area (Å²) in [6, 6.07) is 13.9. The van der Waals surface area contributed by atoms with Crippen LogP contribution in [-0.4, -0.2) is 26.7 Å². The van der Waals surface area contributed by atoms with E-state index in [1.165, 1.54) is 0 Å². The molecule has 1 heterocycles. The smallest absolute Gasteiger partial charge is 0.352 e. The van der Waals surface area contributed by atoms with Crippen molar-refractivity contribution < 1.29 is 15.1 Å². The Morgan fingerprint density at radius 3 is 2.71 bits per heavy atom. The number of halogens is 1. The second-order valence-electron chi connectivity index (χ2n) is 5.31. The molecule has 0 atom stereocenters. The molecular weight excluding hydrogens is 330 g/mol. The number of carboxylic acid groups (broad SMARTS) is 1. The zero-order chi connectivity index (χ0) is 17.3. The molecule has 122 valence electrons. The number of nitrogens with two attached hydrogens (primary N) is 1. The first-order chi connectivity index (χ1) is 11.5. The Bertz CT molecular complexity index is 963. The summed E-state index contributed by atoms with van der Waals surface area (Å²) in [6.07, 6.45) is 0. The third-order valence-electron chi connectivity index (χ3n) is 3.75. The van der Waals surface area contributed by atoms with Crippen LogP contribution in [0, 0.1) is 0 Å². The Morgan fingerprint density at radius 1 is 1.21 bits per heavy atom. The number of nitrogens with zero attached hydrogens (tertiary/aromatic N) is 2. The summed E-state index contributed by atoms with van der Waals surface area (Å²) < 4.78 is 1.69. The first kappa shape index (κ1) is 15.9. The Hall–Kier alpha value is -2.99. The van der Waals surface area contributed by atoms with E-state index >= 15 is 0 Å². The molecule has 0 aliphatic carbocycles. The van der Waals surface area contributed by atoms with Crippen LogP contribution in [0.5, 0.6) is 0 Å². The van der Waals surface area contributed by atoms with Crippen molar-refractivity contribution in [2.45, 2.75) is 6.54 Å². The SMILES string of the molecule is NC(=NO)c1cccc(Cn2c(C(=O)O)cc3cc(Cl)ccc32)c1. The molecular formula is C17H14ClN3O3. The van der Waals surface area contributed by atoms with Gasteiger partial charge in [0, 0.05) is 28.0 Å². The van der Waals surface area contributed by atoms with Crippen molar-refractivity contribution in [1.82, 2.24) is 4.57 Å². The van der Waals surface area contributed by atoms with E-state index in [1.54, 1.807) is 47.0 Å². The lowest BCUT2D eigenvalue weighted by atomic mass is 10.1. The Morgan fingerprint density at radius 2 is 2.00 bits per heavy atom. The summed E-state index contributed by atoms with van der Waals surface area (Å²) in [5.74, 6) is -1.02. The number of rotatable bonds is 4. The number of benzene rings is 2. The number of fused-ring (bicyclic) bond motifs is 1. The van der Waals surface area contributed by atoms with Crippen molar-refractivity contribution in [3.05, 3.63) is 70.4 Å². The van der Waals surface area contributed by atoms with Crippen molar-refractivity contribution >= 4 is 34.3 Å². The van der Waals surface area contributed by atoms with Gasteiger partial charge in [0.05, 0.1) is 0 Å². The van der Waals surface area contributed by atoms with E-state index in [0.717, 1.165) is 16.5 Å². The molecule has 0 aliphatic rings. The van der Waals surface area contributed by atoms with Crippen LogP contribution in [0.15, 0.2) is 53.7 Å². The van der Waals surface area contributed by atoms with Gasteiger partial charge in [0.25, 0.3) is 0 Å². The Labute approximate surface area is 142 Å². The highest BCUT2D eigenvalue weighted by molar-refractivity contribution is 6.31. The van der Waals surface area contributed by atoms with E-state index in [4.69, 9.17) is 22.5 Å². The molecule has 0 bridgehead atoms. The molecule has 0 amide bonds. The van der Waals surface area contributed by atoms with Crippen LogP contribution in [0.25, 0.3) is 10.9 Å². The van der Waals surface area contributed by atoms with Gasteiger partial charge >= 0.3 is 5.97 Å². The molecule has 0 saturated carbocycles. The molecule has 24 heavy (non-hydrogen) atoms. The number of carboxylic acids is 1. The molecule has 4 N–H and O–H groups in total. The highest BCUT2D eigenvalue weighted by atomic mass is 35.5. The van der Waals surface area contributed by atoms with Crippen molar-refractivity contribution in [3.8, 4) is 0 Å². The fourth-order valence-corrected chi connectivity index (χ4v) is 2.84. The van der Waals surface area contributed by atoms with Crippen LogP contribution in [-0.2, 0) is 6.54 Å². The molecule has 3 rings (SSSR count). The van der Waals surface area contributed by atoms with Gasteiger partial charge in [0.15, 0.2) is 5.84 Å². The predicted molar refractivity (Wildman–Crippen MR) is 92.0 cm³/mol. The molecule has 0 unspecified atom stereocenters. The normalized spacial score (nSPS) is 11.8. The average molecular weight is 344 g/mol. The van der Waals surface area contributed by atoms with Gasteiger partial charge in [-0.05, 0) is 35.9 Å². The van der Waals surface area contributed by atoms with E-state index in [9.17, 15) is 9.90 Å². The van der Waals surface area contributed by atoms with Crippen LogP contribution in [0.3, 0.4) is 0 Å². The van der Waals surface area contributed by atoms with Gasteiger partial charge in [-0.15, -0.1) is 0 Å². The van der Waals surface area contributed by atoms with Crippen LogP contribution in [0.2, 0.25) is 5.02 Å². The molecule has 0 fully saturated rings. The summed E-state index contributed by atoms with van der Waals surface area (Å²) in [4.78, 5) is 11.6. The first-order valence-corrected chi connectivity index (χ1v) is 7.46. The summed E-state index contributed by atoms with van der Waals surface area (Å²) >= 11 is 5.98. The lowest BCUT2D eigenvalue weighted by Gasteiger charge is -2.10. The van der Waals surface area contributed by atoms with Gasteiger partial charge in [0.2, 0.25) is 0 Å². The van der Waals surface area contributed by atoms with Crippen molar-refractivity contribution in [3.63, 3.8) is 0 Å². The summed E-state index contributed by atoms with van der Waals surface area (Å²) in [7, 11) is 0. The minimum atomic E-state index is -1.02. The third-order valence-corrected chi connectivity index (χ3v) is 3.99. The van der Waals surface area contributed by atoms with Crippen LogP contribution < -0.4 is 5.73 Å². The van der Waals surface area contributed by atoms with Gasteiger partial charge in [0.1, 0.15) is 5.69 Å². The van der Waals surface area contributed by atoms with Gasteiger partial charge < -0.3 is 20.6 Å². The number of hydrogen-bond acceptors (Lipinski definition) is 3. The van der Waals surface area contributed by atoms with Gasteiger partial charge in [-0.3, -0.25) is 0 Å². The quantitative estimate of drug-likeness (QED) is 0.293. The van der Waals surface area contributed by atoms with E-state index in [0.29, 0.717) is 17.1 Å². The maximum absolute atomic E-state index is 11.6. The van der Waals surface area contributed by atoms with Gasteiger partial charge in [-0.1, -0.05) is 35.0 Å². The maximum Gasteiger partial charge on any atom is 0.352 e. The molecule has 1 aromatic heterocycles. The minimum Gasteiger partial charge on any atom is -0.477 e. The highest BCUT2D eigenvalue weighted by Gasteiger charge is 2.15. The third kappa shape index (κ3) is 2.91. The molecule has 0 radical (unpaired) electrons. The second kappa shape index (κ2) is 6.25. The second-order valence-corrected chi connectivity index (χ2v) is 5.75. The topological polar surface area (TPSA) is 101 Å². The summed E-state index contributed by atoms with van der Waals surface area (Å²) in [5, 5.41) is 22.5. The number of hydrogen-bond donors (Lipinski definition) is 3. The molecule has 0 aliphatic heterocycles. The molecule has 2 aromatic carbocycles. The van der Waals surface area contributed by atoms with Crippen molar-refractivity contribution in [2.75, 3.05) is 0 Å². The lowest BCUT2D eigenvalue weighted by Crippen LogP contribution is -2.14. The average Bonchev–Trinajstić information content (AvgIpc) is 2.92. The molecule has 3 aromatic rings. The zero-order valence-corrected chi connectivity index (χ0v) is 13.2. The van der Waals surface area contributed by atoms with Gasteiger partial charge in [-0.25, -0.2) is 4.79 Å². The monoisotopic (exact) mass is 343 g/mol. The van der Waals surface area contributed by atoms with Crippen LogP contribution in [0.4, 0.5) is 0 Å². The zero-order valence-electron chi connectivity index (χ0n) is 12.5.